The van der Waals surface area contributed by atoms with Gasteiger partial charge in [-0.3, -0.25) is 4.79 Å². The molecule has 1 heterocycles. The predicted molar refractivity (Wildman–Crippen MR) is 97.0 cm³/mol. The summed E-state index contributed by atoms with van der Waals surface area (Å²) in [5, 5.41) is 11.3. The fourth-order valence-corrected chi connectivity index (χ4v) is 5.37. The van der Waals surface area contributed by atoms with Crippen LogP contribution in [0.25, 0.3) is 0 Å². The number of amides is 1. The molecule has 0 unspecified atom stereocenters. The van der Waals surface area contributed by atoms with Crippen LogP contribution in [0.1, 0.15) is 31.2 Å². The van der Waals surface area contributed by atoms with Crippen molar-refractivity contribution in [1.29, 1.82) is 0 Å². The molecule has 3 rings (SSSR count). The van der Waals surface area contributed by atoms with Crippen LogP contribution in [-0.2, 0) is 19.6 Å². The quantitative estimate of drug-likeness (QED) is 0.737. The van der Waals surface area contributed by atoms with E-state index in [1.165, 1.54) is 4.31 Å². The second-order valence-electron chi connectivity index (χ2n) is 7.36. The number of hydrogen-bond acceptors (Lipinski definition) is 5. The van der Waals surface area contributed by atoms with Crippen molar-refractivity contribution in [3.8, 4) is 0 Å². The number of sulfonamides is 1. The van der Waals surface area contributed by atoms with Crippen LogP contribution in [0.4, 0.5) is 0 Å². The Morgan fingerprint density at radius 1 is 0.963 bits per heavy atom. The van der Waals surface area contributed by atoms with Gasteiger partial charge in [0, 0.05) is 44.0 Å². The summed E-state index contributed by atoms with van der Waals surface area (Å²) in [6.45, 7) is 2.88. The van der Waals surface area contributed by atoms with Crippen molar-refractivity contribution in [1.82, 2.24) is 9.21 Å². The lowest BCUT2D eigenvalue weighted by Crippen LogP contribution is -2.54. The third kappa shape index (κ3) is 4.16. The molecule has 8 heteroatoms. The van der Waals surface area contributed by atoms with Crippen LogP contribution < -0.4 is 5.11 Å². The van der Waals surface area contributed by atoms with Gasteiger partial charge in [-0.1, -0.05) is 30.5 Å². The maximum absolute atomic E-state index is 12.8. The minimum absolute atomic E-state index is 0.184. The third-order valence-electron chi connectivity index (χ3n) is 5.59. The van der Waals surface area contributed by atoms with Gasteiger partial charge in [-0.05, 0) is 31.9 Å². The van der Waals surface area contributed by atoms with Crippen LogP contribution in [0.15, 0.2) is 29.2 Å². The molecule has 1 aliphatic carbocycles. The van der Waals surface area contributed by atoms with Crippen molar-refractivity contribution in [2.24, 2.45) is 11.8 Å². The van der Waals surface area contributed by atoms with Crippen molar-refractivity contribution < 1.29 is 23.1 Å². The van der Waals surface area contributed by atoms with Crippen LogP contribution in [0.5, 0.6) is 0 Å². The molecule has 1 amide bonds. The molecular formula is C19H25N2O5S-. The van der Waals surface area contributed by atoms with Crippen molar-refractivity contribution >= 4 is 21.9 Å². The van der Waals surface area contributed by atoms with E-state index in [0.29, 0.717) is 12.8 Å². The van der Waals surface area contributed by atoms with Crippen LogP contribution in [0.2, 0.25) is 0 Å². The largest absolute Gasteiger partial charge is 0.550 e. The van der Waals surface area contributed by atoms with E-state index in [1.54, 1.807) is 29.2 Å². The normalized spacial score (nSPS) is 24.6. The fraction of sp³-hybridized carbons (Fsp3) is 0.579. The van der Waals surface area contributed by atoms with E-state index in [0.717, 1.165) is 18.4 Å². The van der Waals surface area contributed by atoms with Crippen molar-refractivity contribution in [2.45, 2.75) is 37.5 Å². The molecule has 0 aromatic heterocycles. The molecule has 1 aromatic rings. The summed E-state index contributed by atoms with van der Waals surface area (Å²) in [7, 11) is -3.59. The summed E-state index contributed by atoms with van der Waals surface area (Å²) in [6, 6.07) is 6.70. The van der Waals surface area contributed by atoms with E-state index in [-0.39, 0.29) is 37.0 Å². The van der Waals surface area contributed by atoms with Gasteiger partial charge in [0.1, 0.15) is 0 Å². The number of piperazine rings is 1. The van der Waals surface area contributed by atoms with Crippen LogP contribution in [0.3, 0.4) is 0 Å². The van der Waals surface area contributed by atoms with Crippen LogP contribution in [0, 0.1) is 18.8 Å². The van der Waals surface area contributed by atoms with Gasteiger partial charge in [-0.2, -0.15) is 4.31 Å². The highest BCUT2D eigenvalue weighted by molar-refractivity contribution is 7.89. The zero-order valence-electron chi connectivity index (χ0n) is 15.5. The zero-order valence-corrected chi connectivity index (χ0v) is 16.3. The van der Waals surface area contributed by atoms with Gasteiger partial charge in [0.15, 0.2) is 0 Å². The van der Waals surface area contributed by atoms with E-state index in [9.17, 15) is 23.1 Å². The first-order valence-electron chi connectivity index (χ1n) is 9.37. The van der Waals surface area contributed by atoms with Gasteiger partial charge in [0.25, 0.3) is 0 Å². The van der Waals surface area contributed by atoms with Gasteiger partial charge in [-0.15, -0.1) is 0 Å². The summed E-state index contributed by atoms with van der Waals surface area (Å²) in [4.78, 5) is 26.0. The first-order valence-corrected chi connectivity index (χ1v) is 10.8. The monoisotopic (exact) mass is 393 g/mol. The van der Waals surface area contributed by atoms with E-state index in [1.807, 2.05) is 6.92 Å². The van der Waals surface area contributed by atoms with E-state index >= 15 is 0 Å². The molecule has 0 N–H and O–H groups in total. The third-order valence-corrected chi connectivity index (χ3v) is 7.51. The standard InChI is InChI=1S/C19H26N2O5S/c1-14-6-8-15(9-7-14)27(25,26)21-12-10-20(11-13-21)18(22)16-4-2-3-5-17(16)19(23)24/h6-9,16-17H,2-5,10-13H2,1H3,(H,23,24)/p-1/t16-,17+/m0/s1. The molecule has 7 nitrogen and oxygen atoms in total. The van der Waals surface area contributed by atoms with Crippen molar-refractivity contribution in [3.05, 3.63) is 29.8 Å². The summed E-state index contributed by atoms with van der Waals surface area (Å²) in [5.74, 6) is -2.63. The number of carboxylic acid groups (broad SMARTS) is 1. The van der Waals surface area contributed by atoms with Gasteiger partial charge in [0.05, 0.1) is 4.90 Å². The maximum Gasteiger partial charge on any atom is 0.243 e. The Morgan fingerprint density at radius 3 is 2.07 bits per heavy atom. The van der Waals surface area contributed by atoms with Gasteiger partial charge >= 0.3 is 0 Å². The molecule has 1 aliphatic heterocycles. The number of carbonyl (C=O) groups excluding carboxylic acids is 2. The molecule has 0 bridgehead atoms. The topological polar surface area (TPSA) is 97.8 Å². The average Bonchev–Trinajstić information content (AvgIpc) is 2.68. The molecule has 2 fully saturated rings. The number of benzene rings is 1. The van der Waals surface area contributed by atoms with E-state index < -0.39 is 27.8 Å². The smallest absolute Gasteiger partial charge is 0.243 e. The molecule has 148 valence electrons. The Labute approximate surface area is 160 Å². The number of nitrogens with zero attached hydrogens (tertiary/aromatic N) is 2. The number of carbonyl (C=O) groups is 2. The Balaban J connectivity index is 1.65. The summed E-state index contributed by atoms with van der Waals surface area (Å²) >= 11 is 0. The predicted octanol–water partition coefficient (Wildman–Crippen LogP) is 0.384. The Bertz CT molecular complexity index is 798. The summed E-state index contributed by atoms with van der Waals surface area (Å²) in [5.41, 5.74) is 0.985. The second-order valence-corrected chi connectivity index (χ2v) is 9.30. The minimum atomic E-state index is -3.59. The number of aliphatic carboxylic acids is 1. The highest BCUT2D eigenvalue weighted by Gasteiger charge is 2.37. The fourth-order valence-electron chi connectivity index (χ4n) is 3.95. The molecular weight excluding hydrogens is 368 g/mol. The van der Waals surface area contributed by atoms with Crippen LogP contribution >= 0.6 is 0 Å². The summed E-state index contributed by atoms with van der Waals surface area (Å²) in [6.07, 6.45) is 2.66. The zero-order chi connectivity index (χ0) is 19.6. The first-order chi connectivity index (χ1) is 12.8. The average molecular weight is 393 g/mol. The minimum Gasteiger partial charge on any atom is -0.550 e. The number of hydrogen-bond donors (Lipinski definition) is 0. The highest BCUT2D eigenvalue weighted by atomic mass is 32.2. The first kappa shape index (κ1) is 19.8. The molecule has 2 atom stereocenters. The molecule has 2 aliphatic rings. The van der Waals surface area contributed by atoms with Gasteiger partial charge in [0.2, 0.25) is 15.9 Å². The SMILES string of the molecule is Cc1ccc(S(=O)(=O)N2CCN(C(=O)[C@H]3CCCC[C@H]3C(=O)[O-])CC2)cc1. The lowest BCUT2D eigenvalue weighted by molar-refractivity contribution is -0.314. The number of aryl methyl sites for hydroxylation is 1. The van der Waals surface area contributed by atoms with Gasteiger partial charge in [-0.25, -0.2) is 8.42 Å². The maximum atomic E-state index is 12.8. The molecule has 1 saturated heterocycles. The Kier molecular flexibility index (Phi) is 5.86. The van der Waals surface area contributed by atoms with Crippen molar-refractivity contribution in [2.75, 3.05) is 26.2 Å². The molecule has 27 heavy (non-hydrogen) atoms. The second kappa shape index (κ2) is 7.98. The molecule has 0 radical (unpaired) electrons. The lowest BCUT2D eigenvalue weighted by Gasteiger charge is -2.39. The molecule has 1 saturated carbocycles. The van der Waals surface area contributed by atoms with Crippen LogP contribution in [-0.4, -0.2) is 55.7 Å². The lowest BCUT2D eigenvalue weighted by atomic mass is 9.78. The van der Waals surface area contributed by atoms with Gasteiger partial charge < -0.3 is 14.8 Å². The number of rotatable bonds is 4. The number of carboxylic acids is 1. The van der Waals surface area contributed by atoms with Crippen molar-refractivity contribution in [3.63, 3.8) is 0 Å². The molecule has 0 spiro atoms. The summed E-state index contributed by atoms with van der Waals surface area (Å²) < 4.78 is 26.9. The van der Waals surface area contributed by atoms with E-state index in [4.69, 9.17) is 0 Å². The molecule has 1 aromatic carbocycles. The highest BCUT2D eigenvalue weighted by Crippen LogP contribution is 2.31. The van der Waals surface area contributed by atoms with E-state index in [2.05, 4.69) is 0 Å². The Hall–Kier alpha value is -1.93. The Morgan fingerprint density at radius 2 is 1.52 bits per heavy atom.